The lowest BCUT2D eigenvalue weighted by atomic mass is 10.0. The van der Waals surface area contributed by atoms with Crippen LogP contribution in [0.15, 0.2) is 46.8 Å². The number of benzene rings is 1. The molecule has 2 heterocycles. The van der Waals surface area contributed by atoms with Gasteiger partial charge in [0.25, 0.3) is 5.91 Å². The zero-order valence-electron chi connectivity index (χ0n) is 8.96. The van der Waals surface area contributed by atoms with E-state index in [4.69, 9.17) is 0 Å². The summed E-state index contributed by atoms with van der Waals surface area (Å²) in [5.74, 6) is -0.170. The average molecular weight is 242 g/mol. The van der Waals surface area contributed by atoms with E-state index >= 15 is 0 Å². The van der Waals surface area contributed by atoms with Crippen molar-refractivity contribution in [2.45, 2.75) is 6.04 Å². The van der Waals surface area contributed by atoms with Crippen LogP contribution in [0, 0.1) is 0 Å². The highest BCUT2D eigenvalue weighted by Gasteiger charge is 2.20. The largest absolute Gasteiger partial charge is 0.321 e. The minimum absolute atomic E-state index is 0.0786. The molecular weight excluding hydrogens is 232 g/mol. The number of anilines is 1. The van der Waals surface area contributed by atoms with Crippen molar-refractivity contribution in [3.8, 4) is 0 Å². The molecule has 17 heavy (non-hydrogen) atoms. The Balaban J connectivity index is 2.15. The Morgan fingerprint density at radius 2 is 2.06 bits per heavy atom. The maximum Gasteiger partial charge on any atom is 0.266 e. The summed E-state index contributed by atoms with van der Waals surface area (Å²) in [4.78, 5) is 17.0. The summed E-state index contributed by atoms with van der Waals surface area (Å²) in [5, 5.41) is 4.85. The highest BCUT2D eigenvalue weighted by atomic mass is 32.1. The summed E-state index contributed by atoms with van der Waals surface area (Å²) in [5.41, 5.74) is 1.88. The zero-order valence-corrected chi connectivity index (χ0v) is 9.78. The second-order valence-electron chi connectivity index (χ2n) is 3.77. The summed E-state index contributed by atoms with van der Waals surface area (Å²) in [7, 11) is 0. The Bertz CT molecular complexity index is 575. The number of carbonyl (C=O) groups is 1. The monoisotopic (exact) mass is 242 g/mol. The van der Waals surface area contributed by atoms with Gasteiger partial charge in [-0.3, -0.25) is 9.79 Å². The number of aliphatic imine (C=N–C) groups is 1. The molecule has 3 nitrogen and oxygen atoms in total. The SMILES string of the molecule is O=C1C=NC(c2cccs2)c2ccccc2N1. The highest BCUT2D eigenvalue weighted by molar-refractivity contribution is 7.10. The fraction of sp³-hybridized carbons (Fsp3) is 0.0769. The maximum absolute atomic E-state index is 11.5. The third kappa shape index (κ3) is 1.87. The van der Waals surface area contributed by atoms with Crippen molar-refractivity contribution in [1.82, 2.24) is 0 Å². The first-order valence-electron chi connectivity index (χ1n) is 5.31. The molecule has 2 aromatic rings. The van der Waals surface area contributed by atoms with Gasteiger partial charge in [0.2, 0.25) is 0 Å². The van der Waals surface area contributed by atoms with Crippen LogP contribution in [0.1, 0.15) is 16.5 Å². The van der Waals surface area contributed by atoms with Crippen LogP contribution in [0.2, 0.25) is 0 Å². The second kappa shape index (κ2) is 4.14. The van der Waals surface area contributed by atoms with Crippen molar-refractivity contribution in [3.05, 3.63) is 52.2 Å². The van der Waals surface area contributed by atoms with E-state index in [1.807, 2.05) is 41.8 Å². The van der Waals surface area contributed by atoms with E-state index in [0.717, 1.165) is 16.1 Å². The molecule has 4 heteroatoms. The van der Waals surface area contributed by atoms with Crippen LogP contribution < -0.4 is 5.32 Å². The van der Waals surface area contributed by atoms with E-state index in [-0.39, 0.29) is 11.9 Å². The molecule has 1 aliphatic rings. The number of thiophene rings is 1. The molecular formula is C13H10N2OS. The van der Waals surface area contributed by atoms with E-state index in [9.17, 15) is 4.79 Å². The predicted octanol–water partition coefficient (Wildman–Crippen LogP) is 2.86. The minimum atomic E-state index is -0.170. The topological polar surface area (TPSA) is 41.5 Å². The van der Waals surface area contributed by atoms with Gasteiger partial charge in [-0.25, -0.2) is 0 Å². The summed E-state index contributed by atoms with van der Waals surface area (Å²) in [6.45, 7) is 0. The molecule has 1 aromatic carbocycles. The molecule has 1 aromatic heterocycles. The number of carbonyl (C=O) groups excluding carboxylic acids is 1. The van der Waals surface area contributed by atoms with Crippen LogP contribution >= 0.6 is 11.3 Å². The number of amides is 1. The third-order valence-corrected chi connectivity index (χ3v) is 3.59. The molecule has 0 spiro atoms. The Morgan fingerprint density at radius 3 is 2.88 bits per heavy atom. The minimum Gasteiger partial charge on any atom is -0.321 e. The Labute approximate surface area is 103 Å². The van der Waals surface area contributed by atoms with Gasteiger partial charge in [0, 0.05) is 16.1 Å². The number of rotatable bonds is 1. The molecule has 3 rings (SSSR count). The molecule has 1 unspecified atom stereocenters. The number of fused-ring (bicyclic) bond motifs is 1. The van der Waals surface area contributed by atoms with Crippen LogP contribution in [-0.2, 0) is 4.79 Å². The standard InChI is InChI=1S/C13H10N2OS/c16-12-8-14-13(11-6-3-7-17-11)9-4-1-2-5-10(9)15-12/h1-8,13H,(H,15,16). The molecule has 0 saturated carbocycles. The number of nitrogens with zero attached hydrogens (tertiary/aromatic N) is 1. The first kappa shape index (κ1) is 10.2. The normalized spacial score (nSPS) is 18.4. The van der Waals surface area contributed by atoms with Crippen molar-refractivity contribution < 1.29 is 4.79 Å². The van der Waals surface area contributed by atoms with Crippen molar-refractivity contribution in [3.63, 3.8) is 0 Å². The lowest BCUT2D eigenvalue weighted by Crippen LogP contribution is -2.11. The van der Waals surface area contributed by atoms with Crippen LogP contribution in [0.3, 0.4) is 0 Å². The summed E-state index contributed by atoms with van der Waals surface area (Å²) >= 11 is 1.65. The maximum atomic E-state index is 11.5. The molecule has 0 fully saturated rings. The second-order valence-corrected chi connectivity index (χ2v) is 4.75. The van der Waals surface area contributed by atoms with Gasteiger partial charge >= 0.3 is 0 Å². The van der Waals surface area contributed by atoms with Crippen molar-refractivity contribution >= 4 is 29.1 Å². The van der Waals surface area contributed by atoms with Crippen LogP contribution in [0.4, 0.5) is 5.69 Å². The summed E-state index contributed by atoms with van der Waals surface area (Å²) < 4.78 is 0. The highest BCUT2D eigenvalue weighted by Crippen LogP contribution is 2.34. The first-order valence-corrected chi connectivity index (χ1v) is 6.19. The van der Waals surface area contributed by atoms with Crippen LogP contribution in [0.25, 0.3) is 0 Å². The lowest BCUT2D eigenvalue weighted by molar-refractivity contribution is -0.109. The van der Waals surface area contributed by atoms with Gasteiger partial charge in [-0.2, -0.15) is 0 Å². The molecule has 0 bridgehead atoms. The molecule has 1 amide bonds. The third-order valence-electron chi connectivity index (χ3n) is 2.67. The molecule has 0 radical (unpaired) electrons. The van der Waals surface area contributed by atoms with Gasteiger partial charge in [0.1, 0.15) is 6.04 Å². The predicted molar refractivity (Wildman–Crippen MR) is 69.7 cm³/mol. The number of hydrogen-bond donors (Lipinski definition) is 1. The van der Waals surface area contributed by atoms with Crippen LogP contribution in [-0.4, -0.2) is 12.1 Å². The van der Waals surface area contributed by atoms with Crippen molar-refractivity contribution in [2.75, 3.05) is 5.32 Å². The number of para-hydroxylation sites is 1. The van der Waals surface area contributed by atoms with E-state index in [1.165, 1.54) is 6.21 Å². The average Bonchev–Trinajstić information content (AvgIpc) is 2.80. The summed E-state index contributed by atoms with van der Waals surface area (Å²) in [6, 6.07) is 11.7. The Morgan fingerprint density at radius 1 is 1.18 bits per heavy atom. The molecule has 0 saturated heterocycles. The number of nitrogens with one attached hydrogen (secondary N) is 1. The molecule has 1 atom stereocenters. The number of hydrogen-bond acceptors (Lipinski definition) is 3. The van der Waals surface area contributed by atoms with Crippen molar-refractivity contribution in [2.24, 2.45) is 4.99 Å². The van der Waals surface area contributed by atoms with Gasteiger partial charge in [-0.05, 0) is 17.5 Å². The Hall–Kier alpha value is -1.94. The fourth-order valence-corrected chi connectivity index (χ4v) is 2.70. The first-order chi connectivity index (χ1) is 8.34. The Kier molecular flexibility index (Phi) is 2.49. The van der Waals surface area contributed by atoms with Gasteiger partial charge in [-0.1, -0.05) is 24.3 Å². The summed E-state index contributed by atoms with van der Waals surface area (Å²) in [6.07, 6.45) is 1.37. The smallest absolute Gasteiger partial charge is 0.266 e. The molecule has 1 aliphatic heterocycles. The van der Waals surface area contributed by atoms with E-state index < -0.39 is 0 Å². The molecule has 0 aliphatic carbocycles. The van der Waals surface area contributed by atoms with Crippen LogP contribution in [0.5, 0.6) is 0 Å². The molecule has 84 valence electrons. The van der Waals surface area contributed by atoms with Gasteiger partial charge < -0.3 is 5.32 Å². The quantitative estimate of drug-likeness (QED) is 0.820. The van der Waals surface area contributed by atoms with E-state index in [2.05, 4.69) is 10.3 Å². The van der Waals surface area contributed by atoms with E-state index in [1.54, 1.807) is 11.3 Å². The van der Waals surface area contributed by atoms with Gasteiger partial charge in [0.05, 0.1) is 6.21 Å². The van der Waals surface area contributed by atoms with Gasteiger partial charge in [-0.15, -0.1) is 11.3 Å². The van der Waals surface area contributed by atoms with Gasteiger partial charge in [0.15, 0.2) is 0 Å². The lowest BCUT2D eigenvalue weighted by Gasteiger charge is -2.12. The van der Waals surface area contributed by atoms with E-state index in [0.29, 0.717) is 0 Å². The fourth-order valence-electron chi connectivity index (χ4n) is 1.91. The molecule has 1 N–H and O–H groups in total. The zero-order chi connectivity index (χ0) is 11.7. The van der Waals surface area contributed by atoms with Crippen molar-refractivity contribution in [1.29, 1.82) is 0 Å².